The Morgan fingerprint density at radius 2 is 1.81 bits per heavy atom. The van der Waals surface area contributed by atoms with Crippen molar-refractivity contribution in [1.82, 2.24) is 20.5 Å². The number of hydrogen-bond donors (Lipinski definition) is 3. The van der Waals surface area contributed by atoms with Gasteiger partial charge < -0.3 is 34.7 Å². The largest absolute Gasteiger partial charge is 0.493 e. The van der Waals surface area contributed by atoms with Gasteiger partial charge in [0.1, 0.15) is 16.9 Å². The van der Waals surface area contributed by atoms with Crippen LogP contribution < -0.4 is 30.4 Å². The van der Waals surface area contributed by atoms with Crippen LogP contribution in [0.15, 0.2) is 59.5 Å². The summed E-state index contributed by atoms with van der Waals surface area (Å²) in [5, 5.41) is 5.82. The lowest BCUT2D eigenvalue weighted by Gasteiger charge is -2.38. The van der Waals surface area contributed by atoms with Gasteiger partial charge in [-0.25, -0.2) is 0 Å². The van der Waals surface area contributed by atoms with E-state index in [4.69, 9.17) is 25.8 Å². The quantitative estimate of drug-likeness (QED) is 0.414. The molecule has 0 unspecified atom stereocenters. The number of halogens is 1. The van der Waals surface area contributed by atoms with Crippen LogP contribution in [0, 0.1) is 0 Å². The van der Waals surface area contributed by atoms with Crippen LogP contribution in [-0.2, 0) is 22.6 Å². The number of aryl methyl sites for hydroxylation is 1. The molecule has 0 saturated carbocycles. The van der Waals surface area contributed by atoms with Gasteiger partial charge in [0.25, 0.3) is 17.4 Å². The molecule has 2 aromatic carbocycles. The summed E-state index contributed by atoms with van der Waals surface area (Å²) in [6, 6.07) is 13.5. The van der Waals surface area contributed by atoms with Gasteiger partial charge in [0.2, 0.25) is 5.91 Å². The molecule has 12 heteroatoms. The Balaban J connectivity index is 1.38. The Kier molecular flexibility index (Phi) is 8.97. The molecule has 11 nitrogen and oxygen atoms in total. The van der Waals surface area contributed by atoms with Crippen molar-refractivity contribution >= 4 is 29.3 Å². The number of nitrogens with one attached hydrogen (secondary N) is 3. The molecule has 0 aliphatic carbocycles. The van der Waals surface area contributed by atoms with E-state index in [1.165, 1.54) is 19.4 Å². The number of hydrogen-bond acceptors (Lipinski definition) is 7. The standard InChI is InChI=1S/C30H31ClN4O7/c1-40-26-12-18-4-8-25(26)41-17-28(37)34-23-16-35(30(39)20-13-22(31)29(38)33-15-20)11-10-24(23)42-21-6-2-19(3-7-21)14-32-27(36)9-5-18/h2-4,6-8,12-13,15,23-24H,5,9-11,14,16-17H2,1H3,(H,32,36)(H,33,38)(H,34,37)/t23-,24-/m1/s1. The second kappa shape index (κ2) is 13.0. The first kappa shape index (κ1) is 29.0. The molecule has 5 aliphatic heterocycles. The van der Waals surface area contributed by atoms with Crippen LogP contribution in [-0.4, -0.2) is 66.6 Å². The Morgan fingerprint density at radius 1 is 1.02 bits per heavy atom. The van der Waals surface area contributed by atoms with E-state index >= 15 is 0 Å². The number of pyridine rings is 1. The molecule has 3 aromatic rings. The Bertz CT molecular complexity index is 1520. The summed E-state index contributed by atoms with van der Waals surface area (Å²) in [5.41, 5.74) is 1.56. The summed E-state index contributed by atoms with van der Waals surface area (Å²) in [6.45, 7) is 0.605. The van der Waals surface area contributed by atoms with Crippen LogP contribution in [0.3, 0.4) is 0 Å². The SMILES string of the molecule is COc1cc2ccc1OCC(=O)N[C@@H]1CN(C(=O)c3c[nH]c(=O)c(Cl)c3)CC[C@H]1Oc1ccc(cc1)CNC(=O)CC2. The summed E-state index contributed by atoms with van der Waals surface area (Å²) in [5.74, 6) is 0.621. The topological polar surface area (TPSA) is 139 Å². The molecule has 4 bridgehead atoms. The average Bonchev–Trinajstić information content (AvgIpc) is 3.00. The molecule has 1 aromatic heterocycles. The van der Waals surface area contributed by atoms with E-state index in [1.54, 1.807) is 17.0 Å². The van der Waals surface area contributed by atoms with Gasteiger partial charge in [-0.05, 0) is 47.9 Å². The number of benzene rings is 2. The third-order valence-corrected chi connectivity index (χ3v) is 7.50. The normalized spacial score (nSPS) is 19.5. The summed E-state index contributed by atoms with van der Waals surface area (Å²) < 4.78 is 17.5. The van der Waals surface area contributed by atoms with E-state index < -0.39 is 23.6 Å². The predicted octanol–water partition coefficient (Wildman–Crippen LogP) is 2.46. The number of H-pyrrole nitrogens is 1. The maximum absolute atomic E-state index is 13.2. The van der Waals surface area contributed by atoms with Crippen molar-refractivity contribution < 1.29 is 28.6 Å². The van der Waals surface area contributed by atoms with Crippen molar-refractivity contribution in [3.8, 4) is 17.2 Å². The number of methoxy groups -OCH3 is 1. The van der Waals surface area contributed by atoms with Gasteiger partial charge in [0, 0.05) is 38.7 Å². The lowest BCUT2D eigenvalue weighted by Crippen LogP contribution is -2.58. The highest BCUT2D eigenvalue weighted by molar-refractivity contribution is 6.30. The van der Waals surface area contributed by atoms with Crippen LogP contribution in [0.5, 0.6) is 17.2 Å². The lowest BCUT2D eigenvalue weighted by molar-refractivity contribution is -0.125. The van der Waals surface area contributed by atoms with Gasteiger partial charge in [-0.15, -0.1) is 0 Å². The maximum Gasteiger partial charge on any atom is 0.266 e. The highest BCUT2D eigenvalue weighted by atomic mass is 35.5. The van der Waals surface area contributed by atoms with Crippen LogP contribution in [0.25, 0.3) is 0 Å². The fourth-order valence-corrected chi connectivity index (χ4v) is 5.11. The monoisotopic (exact) mass is 594 g/mol. The minimum Gasteiger partial charge on any atom is -0.493 e. The molecular formula is C30H31ClN4O7. The molecule has 3 N–H and O–H groups in total. The first-order valence-electron chi connectivity index (χ1n) is 13.6. The molecule has 3 amide bonds. The first-order chi connectivity index (χ1) is 20.3. The summed E-state index contributed by atoms with van der Waals surface area (Å²) in [4.78, 5) is 54.5. The molecule has 42 heavy (non-hydrogen) atoms. The molecule has 8 rings (SSSR count). The predicted molar refractivity (Wildman–Crippen MR) is 154 cm³/mol. The van der Waals surface area contributed by atoms with Crippen LogP contribution in [0.1, 0.15) is 34.3 Å². The zero-order valence-electron chi connectivity index (χ0n) is 23.0. The van der Waals surface area contributed by atoms with E-state index in [2.05, 4.69) is 15.6 Å². The Morgan fingerprint density at radius 3 is 2.57 bits per heavy atom. The van der Waals surface area contributed by atoms with Gasteiger partial charge in [-0.2, -0.15) is 0 Å². The number of piperidine rings is 1. The van der Waals surface area contributed by atoms with Crippen molar-refractivity contribution in [3.05, 3.63) is 86.8 Å². The molecule has 1 saturated heterocycles. The van der Waals surface area contributed by atoms with E-state index in [9.17, 15) is 19.2 Å². The van der Waals surface area contributed by atoms with Crippen LogP contribution in [0.2, 0.25) is 5.02 Å². The number of aromatic nitrogens is 1. The van der Waals surface area contributed by atoms with E-state index in [0.717, 1.165) is 11.1 Å². The molecule has 1 fully saturated rings. The highest BCUT2D eigenvalue weighted by Gasteiger charge is 2.35. The summed E-state index contributed by atoms with van der Waals surface area (Å²) in [7, 11) is 1.51. The van der Waals surface area contributed by atoms with Crippen molar-refractivity contribution in [1.29, 1.82) is 0 Å². The third kappa shape index (κ3) is 7.03. The van der Waals surface area contributed by atoms with Crippen LogP contribution in [0.4, 0.5) is 0 Å². The Labute approximate surface area is 247 Å². The zero-order valence-corrected chi connectivity index (χ0v) is 23.7. The molecule has 5 aliphatic rings. The van der Waals surface area contributed by atoms with E-state index in [0.29, 0.717) is 49.6 Å². The molecule has 0 radical (unpaired) electrons. The van der Waals surface area contributed by atoms with E-state index in [1.807, 2.05) is 30.3 Å². The summed E-state index contributed by atoms with van der Waals surface area (Å²) in [6.07, 6.45) is 2.13. The minimum absolute atomic E-state index is 0.0750. The van der Waals surface area contributed by atoms with Crippen LogP contribution >= 0.6 is 11.6 Å². The van der Waals surface area contributed by atoms with Gasteiger partial charge in [0.15, 0.2) is 18.1 Å². The first-order valence-corrected chi connectivity index (χ1v) is 14.0. The lowest BCUT2D eigenvalue weighted by atomic mass is 10.0. The molecule has 220 valence electrons. The summed E-state index contributed by atoms with van der Waals surface area (Å²) >= 11 is 5.94. The highest BCUT2D eigenvalue weighted by Crippen LogP contribution is 2.29. The third-order valence-electron chi connectivity index (χ3n) is 7.22. The number of aromatic amines is 1. The van der Waals surface area contributed by atoms with Crippen molar-refractivity contribution in [2.45, 2.75) is 38.0 Å². The van der Waals surface area contributed by atoms with Gasteiger partial charge >= 0.3 is 0 Å². The number of nitrogens with zero attached hydrogens (tertiary/aromatic N) is 1. The number of carbonyl (C=O) groups excluding carboxylic acids is 3. The second-order valence-electron chi connectivity index (χ2n) is 10.1. The Hall–Kier alpha value is -4.51. The van der Waals surface area contributed by atoms with E-state index in [-0.39, 0.29) is 35.6 Å². The minimum atomic E-state index is -0.564. The maximum atomic E-state index is 13.2. The zero-order chi connectivity index (χ0) is 29.6. The van der Waals surface area contributed by atoms with Crippen molar-refractivity contribution in [2.75, 3.05) is 26.8 Å². The molecular weight excluding hydrogens is 564 g/mol. The van der Waals surface area contributed by atoms with Gasteiger partial charge in [0.05, 0.1) is 18.7 Å². The smallest absolute Gasteiger partial charge is 0.266 e. The number of likely N-dealkylation sites (tertiary alicyclic amines) is 1. The van der Waals surface area contributed by atoms with Gasteiger partial charge in [-0.1, -0.05) is 29.8 Å². The fraction of sp³-hybridized carbons (Fsp3) is 0.333. The van der Waals surface area contributed by atoms with Crippen molar-refractivity contribution in [2.24, 2.45) is 0 Å². The number of amides is 3. The molecule has 0 spiro atoms. The number of carbonyl (C=O) groups is 3. The van der Waals surface area contributed by atoms with Crippen molar-refractivity contribution in [3.63, 3.8) is 0 Å². The molecule has 2 atom stereocenters. The fourth-order valence-electron chi connectivity index (χ4n) is 4.94. The number of rotatable bonds is 2. The molecule has 6 heterocycles. The number of ether oxygens (including phenoxy) is 3. The second-order valence-corrected chi connectivity index (χ2v) is 10.5. The average molecular weight is 595 g/mol. The van der Waals surface area contributed by atoms with Gasteiger partial charge in [-0.3, -0.25) is 19.2 Å².